The molecule has 4 N–H and O–H groups in total. The molecule has 1 amide bonds. The number of halogens is 1. The molecule has 5 rings (SSSR count). The van der Waals surface area contributed by atoms with E-state index in [1.807, 2.05) is 6.07 Å². The van der Waals surface area contributed by atoms with E-state index in [2.05, 4.69) is 43.7 Å². The second-order valence-electron chi connectivity index (χ2n) is 9.68. The Labute approximate surface area is 216 Å². The number of aromatic nitrogens is 2. The van der Waals surface area contributed by atoms with E-state index in [9.17, 15) is 4.79 Å². The van der Waals surface area contributed by atoms with Crippen molar-refractivity contribution in [1.82, 2.24) is 14.9 Å². The standard InChI is InChI=1S/C26H33ClN6O3/c1-35-12-11-33-9-7-15-5-6-20(36-2)23(18(15)8-10-33)31-26-29-14-19(27)25(32-26)30-22-17-4-3-16(13-17)21(22)24(28)34/h3-6,14,16-17,21-22H,7-13H2,1-2H3,(H2,28,34)(H2,29,30,31,32)/t16-,17+,21+,22-/m0/s1. The fraction of sp³-hybridized carbons (Fsp3) is 0.500. The minimum Gasteiger partial charge on any atom is -0.495 e. The molecule has 2 aromatic rings. The van der Waals surface area contributed by atoms with Crippen molar-refractivity contribution in [3.05, 3.63) is 46.6 Å². The van der Waals surface area contributed by atoms with Crippen LogP contribution in [0.2, 0.25) is 5.02 Å². The number of primary amides is 1. The normalized spacial score (nSPS) is 24.9. The molecule has 36 heavy (non-hydrogen) atoms. The van der Waals surface area contributed by atoms with E-state index < -0.39 is 0 Å². The molecule has 0 spiro atoms. The quantitative estimate of drug-likeness (QED) is 0.439. The van der Waals surface area contributed by atoms with Crippen LogP contribution >= 0.6 is 11.6 Å². The van der Waals surface area contributed by atoms with Gasteiger partial charge in [-0.25, -0.2) is 4.98 Å². The van der Waals surface area contributed by atoms with Gasteiger partial charge < -0.3 is 30.7 Å². The first kappa shape index (κ1) is 24.8. The average Bonchev–Trinajstić information content (AvgIpc) is 3.41. The van der Waals surface area contributed by atoms with Crippen molar-refractivity contribution in [1.29, 1.82) is 0 Å². The predicted octanol–water partition coefficient (Wildman–Crippen LogP) is 3.02. The summed E-state index contributed by atoms with van der Waals surface area (Å²) in [5.41, 5.74) is 9.08. The molecule has 2 aliphatic carbocycles. The number of carbonyl (C=O) groups excluding carboxylic acids is 1. The number of carbonyl (C=O) groups is 1. The summed E-state index contributed by atoms with van der Waals surface area (Å²) in [6, 6.07) is 3.99. The van der Waals surface area contributed by atoms with Crippen LogP contribution in [0.5, 0.6) is 5.75 Å². The number of fused-ring (bicyclic) bond motifs is 3. The average molecular weight is 513 g/mol. The van der Waals surface area contributed by atoms with Gasteiger partial charge in [0.25, 0.3) is 0 Å². The molecule has 1 aromatic heterocycles. The van der Waals surface area contributed by atoms with Crippen molar-refractivity contribution < 1.29 is 14.3 Å². The Morgan fingerprint density at radius 1 is 1.22 bits per heavy atom. The van der Waals surface area contributed by atoms with Crippen LogP contribution in [0.25, 0.3) is 0 Å². The van der Waals surface area contributed by atoms with E-state index in [0.29, 0.717) is 23.4 Å². The second-order valence-corrected chi connectivity index (χ2v) is 10.1. The molecule has 9 nitrogen and oxygen atoms in total. The smallest absolute Gasteiger partial charge is 0.229 e. The molecule has 3 aliphatic rings. The lowest BCUT2D eigenvalue weighted by Gasteiger charge is -2.27. The Bertz CT molecular complexity index is 1160. The SMILES string of the molecule is COCCN1CCc2ccc(OC)c(Nc3ncc(Cl)c(N[C@@H]4[C@H](C(N)=O)[C@H]5C=C[C@@H]4C5)n3)c2CC1. The van der Waals surface area contributed by atoms with Crippen molar-refractivity contribution in [3.63, 3.8) is 0 Å². The zero-order valence-corrected chi connectivity index (χ0v) is 21.4. The minimum absolute atomic E-state index is 0.140. The third kappa shape index (κ3) is 4.87. The number of rotatable bonds is 9. The fourth-order valence-corrected chi connectivity index (χ4v) is 5.95. The van der Waals surface area contributed by atoms with Crippen molar-refractivity contribution in [3.8, 4) is 5.75 Å². The number of amides is 1. The Morgan fingerprint density at radius 2 is 2.03 bits per heavy atom. The van der Waals surface area contributed by atoms with Gasteiger partial charge in [0.05, 0.1) is 31.5 Å². The Balaban J connectivity index is 1.39. The number of methoxy groups -OCH3 is 2. The molecule has 0 unspecified atom stereocenters. The Morgan fingerprint density at radius 3 is 2.81 bits per heavy atom. The summed E-state index contributed by atoms with van der Waals surface area (Å²) in [5.74, 6) is 1.43. The van der Waals surface area contributed by atoms with Crippen LogP contribution in [-0.4, -0.2) is 67.3 Å². The number of nitrogens with zero attached hydrogens (tertiary/aromatic N) is 3. The summed E-state index contributed by atoms with van der Waals surface area (Å²) in [6.07, 6.45) is 8.54. The van der Waals surface area contributed by atoms with Crippen LogP contribution < -0.4 is 21.1 Å². The first-order valence-electron chi connectivity index (χ1n) is 12.4. The second kappa shape index (κ2) is 10.6. The highest BCUT2D eigenvalue weighted by atomic mass is 35.5. The zero-order valence-electron chi connectivity index (χ0n) is 20.7. The summed E-state index contributed by atoms with van der Waals surface area (Å²) in [5, 5.41) is 7.19. The van der Waals surface area contributed by atoms with Crippen LogP contribution in [-0.2, 0) is 22.4 Å². The highest BCUT2D eigenvalue weighted by Crippen LogP contribution is 2.45. The van der Waals surface area contributed by atoms with Crippen LogP contribution in [0.1, 0.15) is 17.5 Å². The molecule has 0 saturated heterocycles. The summed E-state index contributed by atoms with van der Waals surface area (Å²) in [7, 11) is 3.40. The number of hydrogen-bond donors (Lipinski definition) is 3. The summed E-state index contributed by atoms with van der Waals surface area (Å²) in [6.45, 7) is 3.53. The van der Waals surface area contributed by atoms with E-state index in [-0.39, 0.29) is 29.7 Å². The van der Waals surface area contributed by atoms with Crippen molar-refractivity contribution in [2.45, 2.75) is 25.3 Å². The number of allylic oxidation sites excluding steroid dienone is 1. The first-order chi connectivity index (χ1) is 17.5. The lowest BCUT2D eigenvalue weighted by Crippen LogP contribution is -2.41. The zero-order chi connectivity index (χ0) is 25.2. The number of nitrogens with one attached hydrogen (secondary N) is 2. The third-order valence-corrected chi connectivity index (χ3v) is 7.93. The Kier molecular flexibility index (Phi) is 7.32. The van der Waals surface area contributed by atoms with Gasteiger partial charge in [0.1, 0.15) is 10.8 Å². The molecule has 10 heteroatoms. The van der Waals surface area contributed by atoms with E-state index in [4.69, 9.17) is 26.8 Å². The lowest BCUT2D eigenvalue weighted by molar-refractivity contribution is -0.122. The van der Waals surface area contributed by atoms with E-state index >= 15 is 0 Å². The highest BCUT2D eigenvalue weighted by Gasteiger charge is 2.47. The number of benzene rings is 1. The van der Waals surface area contributed by atoms with Gasteiger partial charge in [-0.2, -0.15) is 4.98 Å². The largest absolute Gasteiger partial charge is 0.495 e. The molecular formula is C26H33ClN6O3. The number of hydrogen-bond acceptors (Lipinski definition) is 8. The van der Waals surface area contributed by atoms with Crippen molar-refractivity contribution >= 4 is 35.0 Å². The van der Waals surface area contributed by atoms with E-state index in [1.54, 1.807) is 20.4 Å². The summed E-state index contributed by atoms with van der Waals surface area (Å²) >= 11 is 6.47. The van der Waals surface area contributed by atoms with Crippen molar-refractivity contribution in [2.24, 2.45) is 23.5 Å². The summed E-state index contributed by atoms with van der Waals surface area (Å²) in [4.78, 5) is 23.7. The molecule has 2 bridgehead atoms. The van der Waals surface area contributed by atoms with Gasteiger partial charge in [-0.15, -0.1) is 0 Å². The molecular weight excluding hydrogens is 480 g/mol. The molecule has 1 fully saturated rings. The van der Waals surface area contributed by atoms with Crippen LogP contribution in [0.3, 0.4) is 0 Å². The van der Waals surface area contributed by atoms with Crippen LogP contribution in [0.15, 0.2) is 30.5 Å². The van der Waals surface area contributed by atoms with Gasteiger partial charge in [-0.1, -0.05) is 29.8 Å². The number of anilines is 3. The number of nitrogens with two attached hydrogens (primary N) is 1. The van der Waals surface area contributed by atoms with Gasteiger partial charge in [0.15, 0.2) is 5.82 Å². The monoisotopic (exact) mass is 512 g/mol. The lowest BCUT2D eigenvalue weighted by atomic mass is 9.88. The molecule has 1 aliphatic heterocycles. The van der Waals surface area contributed by atoms with E-state index in [1.165, 1.54) is 11.1 Å². The van der Waals surface area contributed by atoms with Gasteiger partial charge in [0.2, 0.25) is 11.9 Å². The maximum absolute atomic E-state index is 12.1. The molecule has 0 radical (unpaired) electrons. The van der Waals surface area contributed by atoms with Crippen LogP contribution in [0, 0.1) is 17.8 Å². The van der Waals surface area contributed by atoms with Gasteiger partial charge in [-0.3, -0.25) is 4.79 Å². The van der Waals surface area contributed by atoms with E-state index in [0.717, 1.165) is 50.3 Å². The fourth-order valence-electron chi connectivity index (χ4n) is 5.81. The topological polar surface area (TPSA) is 115 Å². The predicted molar refractivity (Wildman–Crippen MR) is 140 cm³/mol. The van der Waals surface area contributed by atoms with Crippen LogP contribution in [0.4, 0.5) is 17.5 Å². The molecule has 1 saturated carbocycles. The van der Waals surface area contributed by atoms with Gasteiger partial charge in [-0.05, 0) is 48.3 Å². The van der Waals surface area contributed by atoms with Crippen molar-refractivity contribution in [2.75, 3.05) is 51.1 Å². The molecule has 4 atom stereocenters. The molecule has 192 valence electrons. The summed E-state index contributed by atoms with van der Waals surface area (Å²) < 4.78 is 11.0. The molecule has 1 aromatic carbocycles. The third-order valence-electron chi connectivity index (χ3n) is 7.65. The molecule has 2 heterocycles. The highest BCUT2D eigenvalue weighted by molar-refractivity contribution is 6.32. The number of ether oxygens (including phenoxy) is 2. The maximum atomic E-state index is 12.1. The van der Waals surface area contributed by atoms with Gasteiger partial charge in [0, 0.05) is 32.8 Å². The maximum Gasteiger partial charge on any atom is 0.229 e. The first-order valence-corrected chi connectivity index (χ1v) is 12.8. The minimum atomic E-state index is -0.302. The Hall–Kier alpha value is -2.88. The van der Waals surface area contributed by atoms with Gasteiger partial charge >= 0.3 is 0 Å².